The fourth-order valence-corrected chi connectivity index (χ4v) is 3.54. The molecular formula is C20H19N3O5S. The van der Waals surface area contributed by atoms with Gasteiger partial charge in [-0.15, -0.1) is 0 Å². The lowest BCUT2D eigenvalue weighted by Gasteiger charge is -2.25. The van der Waals surface area contributed by atoms with Gasteiger partial charge in [0.25, 0.3) is 11.8 Å². The van der Waals surface area contributed by atoms with Crippen molar-refractivity contribution in [3.8, 4) is 0 Å². The second-order valence-corrected chi connectivity index (χ2v) is 7.01. The molecule has 1 fully saturated rings. The Morgan fingerprint density at radius 1 is 1.24 bits per heavy atom. The minimum absolute atomic E-state index is 0.302. The van der Waals surface area contributed by atoms with Crippen molar-refractivity contribution >= 4 is 41.2 Å². The van der Waals surface area contributed by atoms with Crippen molar-refractivity contribution in [3.63, 3.8) is 0 Å². The summed E-state index contributed by atoms with van der Waals surface area (Å²) in [6, 6.07) is 9.86. The molecule has 0 bridgehead atoms. The lowest BCUT2D eigenvalue weighted by atomic mass is 9.87. The summed E-state index contributed by atoms with van der Waals surface area (Å²) in [4.78, 5) is 49.0. The average molecular weight is 413 g/mol. The van der Waals surface area contributed by atoms with Gasteiger partial charge in [-0.25, -0.2) is 9.59 Å². The molecule has 0 spiro atoms. The summed E-state index contributed by atoms with van der Waals surface area (Å²) >= 11 is 1.48. The van der Waals surface area contributed by atoms with Crippen LogP contribution in [-0.2, 0) is 24.7 Å². The molecule has 8 nitrogen and oxygen atoms in total. The van der Waals surface area contributed by atoms with Crippen LogP contribution in [0.4, 0.5) is 4.79 Å². The third-order valence-corrected chi connectivity index (χ3v) is 5.13. The van der Waals surface area contributed by atoms with E-state index in [2.05, 4.69) is 10.7 Å². The van der Waals surface area contributed by atoms with Crippen LogP contribution in [0.1, 0.15) is 24.5 Å². The Hall–Kier alpha value is -3.46. The first-order valence-electron chi connectivity index (χ1n) is 8.85. The molecule has 1 atom stereocenters. The lowest BCUT2D eigenvalue weighted by molar-refractivity contribution is -0.147. The number of imide groups is 1. The number of ether oxygens (including phenoxy) is 1. The number of hydrogen-bond acceptors (Lipinski definition) is 6. The number of benzene rings is 1. The maximum absolute atomic E-state index is 12.9. The zero-order valence-electron chi connectivity index (χ0n) is 15.6. The number of esters is 1. The largest absolute Gasteiger partial charge is 0.452 e. The molecule has 1 aliphatic heterocycles. The maximum atomic E-state index is 12.9. The first kappa shape index (κ1) is 20.3. The van der Waals surface area contributed by atoms with Crippen molar-refractivity contribution in [2.45, 2.75) is 18.9 Å². The molecule has 1 saturated heterocycles. The molecule has 9 heteroatoms. The molecule has 4 amide bonds. The van der Waals surface area contributed by atoms with Gasteiger partial charge in [0.1, 0.15) is 5.54 Å². The quantitative estimate of drug-likeness (QED) is 0.411. The Balaban J connectivity index is 1.59. The summed E-state index contributed by atoms with van der Waals surface area (Å²) in [5, 5.41) is 6.97. The Kier molecular flexibility index (Phi) is 6.08. The summed E-state index contributed by atoms with van der Waals surface area (Å²) < 4.78 is 4.84. The Bertz CT molecular complexity index is 942. The van der Waals surface area contributed by atoms with E-state index in [1.54, 1.807) is 43.3 Å². The van der Waals surface area contributed by atoms with E-state index in [1.165, 1.54) is 17.4 Å². The molecule has 150 valence electrons. The average Bonchev–Trinajstić information content (AvgIpc) is 3.34. The summed E-state index contributed by atoms with van der Waals surface area (Å²) in [5.41, 5.74) is 2.39. The molecule has 3 rings (SSSR count). The van der Waals surface area contributed by atoms with Gasteiger partial charge in [-0.1, -0.05) is 37.3 Å². The molecule has 1 aliphatic rings. The summed E-state index contributed by atoms with van der Waals surface area (Å²) in [6.45, 7) is 1.13. The molecule has 0 radical (unpaired) electrons. The Labute approximate surface area is 171 Å². The topological polar surface area (TPSA) is 105 Å². The normalized spacial score (nSPS) is 18.7. The minimum atomic E-state index is -1.26. The van der Waals surface area contributed by atoms with Crippen molar-refractivity contribution in [3.05, 3.63) is 64.4 Å². The smallest absolute Gasteiger partial charge is 0.344 e. The van der Waals surface area contributed by atoms with E-state index < -0.39 is 36.0 Å². The molecule has 0 unspecified atom stereocenters. The number of carbonyl (C=O) groups excluding carboxylic acids is 4. The van der Waals surface area contributed by atoms with Gasteiger partial charge in [-0.3, -0.25) is 15.0 Å². The van der Waals surface area contributed by atoms with E-state index in [4.69, 9.17) is 4.74 Å². The predicted molar refractivity (Wildman–Crippen MR) is 106 cm³/mol. The van der Waals surface area contributed by atoms with Gasteiger partial charge in [0.15, 0.2) is 6.61 Å². The number of urea groups is 1. The van der Waals surface area contributed by atoms with Crippen LogP contribution in [0.25, 0.3) is 6.08 Å². The molecule has 2 heterocycles. The van der Waals surface area contributed by atoms with Gasteiger partial charge in [0.2, 0.25) is 0 Å². The predicted octanol–water partition coefficient (Wildman–Crippen LogP) is 2.19. The third kappa shape index (κ3) is 4.35. The number of hydrazine groups is 1. The van der Waals surface area contributed by atoms with E-state index in [0.29, 0.717) is 17.0 Å². The van der Waals surface area contributed by atoms with Gasteiger partial charge in [0.05, 0.1) is 0 Å². The number of hydrogen-bond donors (Lipinski definition) is 2. The number of carbonyl (C=O) groups is 4. The van der Waals surface area contributed by atoms with Crippen LogP contribution in [0.2, 0.25) is 0 Å². The zero-order chi connectivity index (χ0) is 20.9. The maximum Gasteiger partial charge on any atom is 0.344 e. The SMILES string of the molecule is CC[C@]1(c2ccccc2)NC(=O)N(NC(=O)COC(=O)/C=C/c2ccsc2)C1=O. The second-order valence-electron chi connectivity index (χ2n) is 6.23. The number of nitrogens with zero attached hydrogens (tertiary/aromatic N) is 1. The highest BCUT2D eigenvalue weighted by atomic mass is 32.1. The molecule has 0 aliphatic carbocycles. The minimum Gasteiger partial charge on any atom is -0.452 e. The zero-order valence-corrected chi connectivity index (χ0v) is 16.4. The number of nitrogens with one attached hydrogen (secondary N) is 2. The van der Waals surface area contributed by atoms with Crippen LogP contribution < -0.4 is 10.7 Å². The molecule has 29 heavy (non-hydrogen) atoms. The van der Waals surface area contributed by atoms with E-state index in [-0.39, 0.29) is 0 Å². The summed E-state index contributed by atoms with van der Waals surface area (Å²) in [5.74, 6) is -2.12. The van der Waals surface area contributed by atoms with Crippen LogP contribution in [0.3, 0.4) is 0 Å². The van der Waals surface area contributed by atoms with E-state index >= 15 is 0 Å². The van der Waals surface area contributed by atoms with Crippen LogP contribution in [0.15, 0.2) is 53.2 Å². The van der Waals surface area contributed by atoms with Crippen LogP contribution in [-0.4, -0.2) is 35.4 Å². The lowest BCUT2D eigenvalue weighted by Crippen LogP contribution is -2.49. The van der Waals surface area contributed by atoms with Crippen molar-refractivity contribution in [1.82, 2.24) is 15.8 Å². The van der Waals surface area contributed by atoms with Gasteiger partial charge in [-0.05, 0) is 40.5 Å². The fraction of sp³-hybridized carbons (Fsp3) is 0.200. The second kappa shape index (κ2) is 8.70. The summed E-state index contributed by atoms with van der Waals surface area (Å²) in [7, 11) is 0. The van der Waals surface area contributed by atoms with Crippen molar-refractivity contribution in [1.29, 1.82) is 0 Å². The number of thiophene rings is 1. The molecule has 1 aromatic heterocycles. The number of amides is 4. The third-order valence-electron chi connectivity index (χ3n) is 4.43. The highest BCUT2D eigenvalue weighted by Crippen LogP contribution is 2.31. The molecular weight excluding hydrogens is 394 g/mol. The monoisotopic (exact) mass is 413 g/mol. The number of rotatable bonds is 7. The van der Waals surface area contributed by atoms with E-state index in [1.807, 2.05) is 16.8 Å². The van der Waals surface area contributed by atoms with Gasteiger partial charge >= 0.3 is 12.0 Å². The van der Waals surface area contributed by atoms with Crippen LogP contribution in [0.5, 0.6) is 0 Å². The highest BCUT2D eigenvalue weighted by Gasteiger charge is 2.52. The molecule has 1 aromatic carbocycles. The fourth-order valence-electron chi connectivity index (χ4n) is 2.91. The molecule has 2 N–H and O–H groups in total. The van der Waals surface area contributed by atoms with Crippen molar-refractivity contribution < 1.29 is 23.9 Å². The van der Waals surface area contributed by atoms with Crippen LogP contribution in [0, 0.1) is 0 Å². The van der Waals surface area contributed by atoms with Crippen LogP contribution >= 0.6 is 11.3 Å². The molecule has 0 saturated carbocycles. The van der Waals surface area contributed by atoms with E-state index in [9.17, 15) is 19.2 Å². The van der Waals surface area contributed by atoms with Gasteiger partial charge in [-0.2, -0.15) is 16.3 Å². The first-order chi connectivity index (χ1) is 14.0. The van der Waals surface area contributed by atoms with Gasteiger partial charge in [0, 0.05) is 6.08 Å². The van der Waals surface area contributed by atoms with E-state index in [0.717, 1.165) is 5.56 Å². The Morgan fingerprint density at radius 3 is 2.66 bits per heavy atom. The van der Waals surface area contributed by atoms with Crippen molar-refractivity contribution in [2.75, 3.05) is 6.61 Å². The Morgan fingerprint density at radius 2 is 2.00 bits per heavy atom. The standard InChI is InChI=1S/C20H19N3O5S/c1-2-20(15-6-4-3-5-7-15)18(26)23(19(27)21-20)22-16(24)12-28-17(25)9-8-14-10-11-29-13-14/h3-11,13H,2,12H2,1H3,(H,21,27)(H,22,24)/b9-8+/t20-/m1/s1. The van der Waals surface area contributed by atoms with Crippen molar-refractivity contribution in [2.24, 2.45) is 0 Å². The van der Waals surface area contributed by atoms with Gasteiger partial charge < -0.3 is 10.1 Å². The molecule has 2 aromatic rings. The highest BCUT2D eigenvalue weighted by molar-refractivity contribution is 7.08. The first-order valence-corrected chi connectivity index (χ1v) is 9.79. The summed E-state index contributed by atoms with van der Waals surface area (Å²) in [6.07, 6.45) is 3.06.